The lowest BCUT2D eigenvalue weighted by Gasteiger charge is -2.15. The summed E-state index contributed by atoms with van der Waals surface area (Å²) in [5.74, 6) is 1.98. The molecule has 1 saturated heterocycles. The van der Waals surface area contributed by atoms with Crippen LogP contribution >= 0.6 is 23.5 Å². The SMILES string of the molecule is CC(C)CNC(=O)[C@H](C)OC(=O)c1ccc(C2SCCS2)cc1. The zero-order valence-electron chi connectivity index (χ0n) is 13.7. The van der Waals surface area contributed by atoms with Crippen molar-refractivity contribution in [3.05, 3.63) is 35.4 Å². The van der Waals surface area contributed by atoms with E-state index in [0.29, 0.717) is 22.6 Å². The van der Waals surface area contributed by atoms with E-state index in [1.165, 1.54) is 17.1 Å². The summed E-state index contributed by atoms with van der Waals surface area (Å²) >= 11 is 3.85. The molecule has 4 nitrogen and oxygen atoms in total. The molecule has 0 unspecified atom stereocenters. The zero-order valence-corrected chi connectivity index (χ0v) is 15.3. The predicted molar refractivity (Wildman–Crippen MR) is 96.8 cm³/mol. The van der Waals surface area contributed by atoms with Gasteiger partial charge in [0.15, 0.2) is 6.10 Å². The van der Waals surface area contributed by atoms with Crippen LogP contribution < -0.4 is 5.32 Å². The van der Waals surface area contributed by atoms with Gasteiger partial charge in [-0.2, -0.15) is 0 Å². The summed E-state index contributed by atoms with van der Waals surface area (Å²) in [6.45, 7) is 6.19. The van der Waals surface area contributed by atoms with Crippen molar-refractivity contribution < 1.29 is 14.3 Å². The third-order valence-corrected chi connectivity index (χ3v) is 6.48. The first-order chi connectivity index (χ1) is 11.0. The molecule has 1 amide bonds. The van der Waals surface area contributed by atoms with Crippen LogP contribution in [0.5, 0.6) is 0 Å². The third-order valence-electron chi connectivity index (χ3n) is 3.38. The maximum Gasteiger partial charge on any atom is 0.338 e. The Morgan fingerprint density at radius 3 is 2.35 bits per heavy atom. The second-order valence-corrected chi connectivity index (χ2v) is 8.61. The van der Waals surface area contributed by atoms with Crippen LogP contribution in [0.1, 0.15) is 41.3 Å². The minimum absolute atomic E-state index is 0.262. The molecule has 1 heterocycles. The van der Waals surface area contributed by atoms with E-state index < -0.39 is 12.1 Å². The Balaban J connectivity index is 1.88. The predicted octanol–water partition coefficient (Wildman–Crippen LogP) is 3.48. The molecule has 0 spiro atoms. The van der Waals surface area contributed by atoms with Crippen molar-refractivity contribution in [3.8, 4) is 0 Å². The summed E-state index contributed by atoms with van der Waals surface area (Å²) in [5.41, 5.74) is 1.70. The lowest BCUT2D eigenvalue weighted by atomic mass is 10.1. The van der Waals surface area contributed by atoms with Gasteiger partial charge in [0.2, 0.25) is 0 Å². The number of carbonyl (C=O) groups is 2. The van der Waals surface area contributed by atoms with Crippen LogP contribution in [0.15, 0.2) is 24.3 Å². The second kappa shape index (κ2) is 8.64. The van der Waals surface area contributed by atoms with E-state index in [9.17, 15) is 9.59 Å². The monoisotopic (exact) mass is 353 g/mol. The highest BCUT2D eigenvalue weighted by Gasteiger charge is 2.21. The smallest absolute Gasteiger partial charge is 0.338 e. The first kappa shape index (κ1) is 18.2. The number of hydrogen-bond donors (Lipinski definition) is 1. The van der Waals surface area contributed by atoms with E-state index in [-0.39, 0.29) is 5.91 Å². The van der Waals surface area contributed by atoms with E-state index in [0.717, 1.165) is 0 Å². The van der Waals surface area contributed by atoms with Crippen molar-refractivity contribution in [2.75, 3.05) is 18.1 Å². The quantitative estimate of drug-likeness (QED) is 0.794. The molecule has 23 heavy (non-hydrogen) atoms. The lowest BCUT2D eigenvalue weighted by Crippen LogP contribution is -2.37. The van der Waals surface area contributed by atoms with Crippen molar-refractivity contribution >= 4 is 35.4 Å². The Morgan fingerprint density at radius 2 is 1.78 bits per heavy atom. The molecule has 0 radical (unpaired) electrons. The zero-order chi connectivity index (χ0) is 16.8. The second-order valence-electron chi connectivity index (χ2n) is 5.88. The van der Waals surface area contributed by atoms with Crippen LogP contribution in [0.2, 0.25) is 0 Å². The largest absolute Gasteiger partial charge is 0.449 e. The fourth-order valence-electron chi connectivity index (χ4n) is 2.06. The van der Waals surface area contributed by atoms with Crippen molar-refractivity contribution in [2.45, 2.75) is 31.5 Å². The topological polar surface area (TPSA) is 55.4 Å². The summed E-state index contributed by atoms with van der Waals surface area (Å²) < 4.78 is 5.69. The van der Waals surface area contributed by atoms with Crippen LogP contribution in [-0.4, -0.2) is 36.0 Å². The van der Waals surface area contributed by atoms with E-state index in [4.69, 9.17) is 4.74 Å². The first-order valence-electron chi connectivity index (χ1n) is 7.79. The molecular formula is C17H23NO3S2. The van der Waals surface area contributed by atoms with E-state index in [1.54, 1.807) is 19.1 Å². The molecule has 1 aromatic carbocycles. The summed E-state index contributed by atoms with van der Waals surface area (Å²) in [4.78, 5) is 24.0. The molecular weight excluding hydrogens is 330 g/mol. The summed E-state index contributed by atoms with van der Waals surface area (Å²) in [7, 11) is 0. The van der Waals surface area contributed by atoms with Gasteiger partial charge >= 0.3 is 5.97 Å². The number of rotatable bonds is 6. The third kappa shape index (κ3) is 5.46. The van der Waals surface area contributed by atoms with Crippen molar-refractivity contribution in [3.63, 3.8) is 0 Å². The Kier molecular flexibility index (Phi) is 6.84. The number of carbonyl (C=O) groups excluding carboxylic acids is 2. The van der Waals surface area contributed by atoms with Crippen LogP contribution in [0, 0.1) is 5.92 Å². The minimum Gasteiger partial charge on any atom is -0.449 e. The van der Waals surface area contributed by atoms with Crippen LogP contribution in [0.25, 0.3) is 0 Å². The number of ether oxygens (including phenoxy) is 1. The molecule has 2 rings (SSSR count). The van der Waals surface area contributed by atoms with Gasteiger partial charge in [-0.25, -0.2) is 4.79 Å². The number of amides is 1. The van der Waals surface area contributed by atoms with Gasteiger partial charge in [0.25, 0.3) is 5.91 Å². The molecule has 1 atom stereocenters. The van der Waals surface area contributed by atoms with Gasteiger partial charge < -0.3 is 10.1 Å². The number of thioether (sulfide) groups is 2. The number of nitrogens with one attached hydrogen (secondary N) is 1. The van der Waals surface area contributed by atoms with E-state index in [2.05, 4.69) is 5.32 Å². The van der Waals surface area contributed by atoms with Crippen LogP contribution in [0.3, 0.4) is 0 Å². The Labute approximate surface area is 146 Å². The maximum atomic E-state index is 12.1. The summed E-state index contributed by atoms with van der Waals surface area (Å²) in [6.07, 6.45) is -0.790. The standard InChI is InChI=1S/C17H23NO3S2/c1-11(2)10-18-15(19)12(3)21-16(20)13-4-6-14(7-5-13)17-22-8-9-23-17/h4-7,11-12,17H,8-10H2,1-3H3,(H,18,19)/t12-/m0/s1. The van der Waals surface area contributed by atoms with Gasteiger partial charge in [-0.1, -0.05) is 26.0 Å². The van der Waals surface area contributed by atoms with Gasteiger partial charge in [-0.3, -0.25) is 4.79 Å². The van der Waals surface area contributed by atoms with Crippen LogP contribution in [0.4, 0.5) is 0 Å². The molecule has 6 heteroatoms. The first-order valence-corrected chi connectivity index (χ1v) is 9.89. The molecule has 1 N–H and O–H groups in total. The van der Waals surface area contributed by atoms with Gasteiger partial charge in [0, 0.05) is 18.1 Å². The van der Waals surface area contributed by atoms with Gasteiger partial charge in [-0.15, -0.1) is 23.5 Å². The Hall–Kier alpha value is -1.14. The molecule has 0 aromatic heterocycles. The highest BCUT2D eigenvalue weighted by Crippen LogP contribution is 2.45. The average Bonchev–Trinajstić information content (AvgIpc) is 3.07. The molecule has 1 aliphatic heterocycles. The average molecular weight is 354 g/mol. The molecule has 126 valence electrons. The summed E-state index contributed by atoms with van der Waals surface area (Å²) in [5, 5.41) is 2.76. The van der Waals surface area contributed by atoms with Crippen LogP contribution in [-0.2, 0) is 9.53 Å². The molecule has 1 aromatic rings. The van der Waals surface area contributed by atoms with Gasteiger partial charge in [-0.05, 0) is 30.5 Å². The molecule has 1 aliphatic rings. The van der Waals surface area contributed by atoms with Crippen molar-refractivity contribution in [2.24, 2.45) is 5.92 Å². The Bertz CT molecular complexity index is 539. The molecule has 0 aliphatic carbocycles. The van der Waals surface area contributed by atoms with Gasteiger partial charge in [0.05, 0.1) is 10.1 Å². The number of benzene rings is 1. The minimum atomic E-state index is -0.790. The fourth-order valence-corrected chi connectivity index (χ4v) is 4.92. The van der Waals surface area contributed by atoms with E-state index >= 15 is 0 Å². The Morgan fingerprint density at radius 1 is 1.17 bits per heavy atom. The highest BCUT2D eigenvalue weighted by atomic mass is 32.2. The van der Waals surface area contributed by atoms with Gasteiger partial charge in [0.1, 0.15) is 0 Å². The number of hydrogen-bond acceptors (Lipinski definition) is 5. The molecule has 1 fully saturated rings. The number of esters is 1. The normalized spacial score (nSPS) is 16.3. The van der Waals surface area contributed by atoms with Crippen molar-refractivity contribution in [1.29, 1.82) is 0 Å². The van der Waals surface area contributed by atoms with Crippen molar-refractivity contribution in [1.82, 2.24) is 5.32 Å². The lowest BCUT2D eigenvalue weighted by molar-refractivity contribution is -0.129. The highest BCUT2D eigenvalue weighted by molar-refractivity contribution is 8.19. The molecule has 0 bridgehead atoms. The van der Waals surface area contributed by atoms with E-state index in [1.807, 2.05) is 49.5 Å². The fraction of sp³-hybridized carbons (Fsp3) is 0.529. The maximum absolute atomic E-state index is 12.1. The molecule has 0 saturated carbocycles. The summed E-state index contributed by atoms with van der Waals surface area (Å²) in [6, 6.07) is 7.48.